The highest BCUT2D eigenvalue weighted by molar-refractivity contribution is 5.93. The van der Waals surface area contributed by atoms with Gasteiger partial charge in [-0.2, -0.15) is 0 Å². The molecule has 22 heavy (non-hydrogen) atoms. The summed E-state index contributed by atoms with van der Waals surface area (Å²) in [6.45, 7) is 1.41. The fourth-order valence-corrected chi connectivity index (χ4v) is 2.75. The summed E-state index contributed by atoms with van der Waals surface area (Å²) >= 11 is 0. The Bertz CT molecular complexity index is 849. The quantitative estimate of drug-likeness (QED) is 0.787. The summed E-state index contributed by atoms with van der Waals surface area (Å²) in [6, 6.07) is 16.4. The van der Waals surface area contributed by atoms with E-state index in [4.69, 9.17) is 4.74 Å². The highest BCUT2D eigenvalue weighted by Crippen LogP contribution is 2.27. The second-order valence-corrected chi connectivity index (χ2v) is 5.39. The van der Waals surface area contributed by atoms with Gasteiger partial charge in [-0.25, -0.2) is 0 Å². The molecule has 3 nitrogen and oxygen atoms in total. The summed E-state index contributed by atoms with van der Waals surface area (Å²) in [4.78, 5) is 4.17. The molecule has 1 aliphatic heterocycles. The smallest absolute Gasteiger partial charge is 0.127 e. The van der Waals surface area contributed by atoms with E-state index in [1.807, 2.05) is 42.7 Å². The number of aromatic nitrogens is 1. The Morgan fingerprint density at radius 2 is 2.00 bits per heavy atom. The van der Waals surface area contributed by atoms with Crippen LogP contribution in [0.4, 0.5) is 5.69 Å². The third kappa shape index (κ3) is 2.42. The molecule has 3 aromatic rings. The number of fused-ring (bicyclic) bond motifs is 2. The largest absolute Gasteiger partial charge is 0.489 e. The summed E-state index contributed by atoms with van der Waals surface area (Å²) in [5.74, 6) is 0.961. The summed E-state index contributed by atoms with van der Waals surface area (Å²) in [6.07, 6.45) is 5.92. The van der Waals surface area contributed by atoms with Crippen LogP contribution in [0.15, 0.2) is 66.5 Å². The third-order valence-corrected chi connectivity index (χ3v) is 3.88. The van der Waals surface area contributed by atoms with E-state index in [1.54, 1.807) is 0 Å². The first-order valence-corrected chi connectivity index (χ1v) is 7.38. The second kappa shape index (κ2) is 5.53. The van der Waals surface area contributed by atoms with Crippen molar-refractivity contribution in [1.29, 1.82) is 0 Å². The lowest BCUT2D eigenvalue weighted by molar-refractivity contribution is 0.346. The maximum atomic E-state index is 5.79. The van der Waals surface area contributed by atoms with Gasteiger partial charge < -0.3 is 10.1 Å². The number of pyridine rings is 1. The van der Waals surface area contributed by atoms with E-state index in [1.165, 1.54) is 11.0 Å². The second-order valence-electron chi connectivity index (χ2n) is 5.39. The van der Waals surface area contributed by atoms with Gasteiger partial charge in [0.15, 0.2) is 0 Å². The first-order valence-electron chi connectivity index (χ1n) is 7.38. The predicted octanol–water partition coefficient (Wildman–Crippen LogP) is 4.12. The van der Waals surface area contributed by atoms with Crippen molar-refractivity contribution in [3.8, 4) is 5.75 Å². The van der Waals surface area contributed by atoms with Crippen molar-refractivity contribution in [3.63, 3.8) is 0 Å². The van der Waals surface area contributed by atoms with E-state index >= 15 is 0 Å². The van der Waals surface area contributed by atoms with Crippen molar-refractivity contribution in [1.82, 2.24) is 4.98 Å². The Hall–Kier alpha value is -2.81. The fraction of sp³-hybridized carbons (Fsp3) is 0.105. The molecule has 0 atom stereocenters. The van der Waals surface area contributed by atoms with Crippen LogP contribution in [0.3, 0.4) is 0 Å². The van der Waals surface area contributed by atoms with E-state index in [0.29, 0.717) is 6.61 Å². The van der Waals surface area contributed by atoms with Gasteiger partial charge in [0.05, 0.1) is 0 Å². The lowest BCUT2D eigenvalue weighted by atomic mass is 10.1. The molecular weight excluding hydrogens is 272 g/mol. The minimum absolute atomic E-state index is 0.635. The monoisotopic (exact) mass is 288 g/mol. The minimum atomic E-state index is 0.635. The van der Waals surface area contributed by atoms with Crippen molar-refractivity contribution in [3.05, 3.63) is 72.1 Å². The van der Waals surface area contributed by atoms with Crippen molar-refractivity contribution in [2.75, 3.05) is 18.5 Å². The van der Waals surface area contributed by atoms with Gasteiger partial charge in [0.1, 0.15) is 12.4 Å². The average molecular weight is 288 g/mol. The molecule has 0 unspecified atom stereocenters. The SMILES string of the molecule is C1=C(CNc2cccc3cnccc23)COc2ccccc21. The summed E-state index contributed by atoms with van der Waals surface area (Å²) < 4.78 is 5.79. The van der Waals surface area contributed by atoms with Crippen LogP contribution >= 0.6 is 0 Å². The normalized spacial score (nSPS) is 13.2. The highest BCUT2D eigenvalue weighted by atomic mass is 16.5. The van der Waals surface area contributed by atoms with Crippen molar-refractivity contribution in [2.24, 2.45) is 0 Å². The molecule has 0 saturated carbocycles. The molecule has 1 aromatic heterocycles. The van der Waals surface area contributed by atoms with Gasteiger partial charge in [-0.3, -0.25) is 4.98 Å². The van der Waals surface area contributed by atoms with Crippen LogP contribution in [-0.2, 0) is 0 Å². The number of hydrogen-bond acceptors (Lipinski definition) is 3. The maximum absolute atomic E-state index is 5.79. The van der Waals surface area contributed by atoms with E-state index < -0.39 is 0 Å². The molecule has 0 fully saturated rings. The maximum Gasteiger partial charge on any atom is 0.127 e. The summed E-state index contributed by atoms with van der Waals surface area (Å²) in [7, 11) is 0. The van der Waals surface area contributed by atoms with Crippen LogP contribution in [-0.4, -0.2) is 18.1 Å². The van der Waals surface area contributed by atoms with Crippen LogP contribution in [0, 0.1) is 0 Å². The molecule has 2 aromatic carbocycles. The standard InChI is InChI=1S/C19H16N2O/c1-2-7-19-15(4-1)10-14(13-22-19)11-21-18-6-3-5-16-12-20-9-8-17(16)18/h1-10,12,21H,11,13H2. The van der Waals surface area contributed by atoms with E-state index in [2.05, 4.69) is 34.6 Å². The van der Waals surface area contributed by atoms with Gasteiger partial charge >= 0.3 is 0 Å². The molecule has 0 aliphatic carbocycles. The molecular formula is C19H16N2O. The molecule has 0 radical (unpaired) electrons. The van der Waals surface area contributed by atoms with Crippen molar-refractivity contribution in [2.45, 2.75) is 0 Å². The molecule has 4 rings (SSSR count). The van der Waals surface area contributed by atoms with Crippen molar-refractivity contribution < 1.29 is 4.74 Å². The Labute approximate surface area is 129 Å². The van der Waals surface area contributed by atoms with E-state index in [0.717, 1.165) is 28.9 Å². The molecule has 0 amide bonds. The zero-order valence-electron chi connectivity index (χ0n) is 12.1. The Kier molecular flexibility index (Phi) is 3.24. The number of para-hydroxylation sites is 1. The Morgan fingerprint density at radius 1 is 1.05 bits per heavy atom. The van der Waals surface area contributed by atoms with E-state index in [-0.39, 0.29) is 0 Å². The van der Waals surface area contributed by atoms with Gasteiger partial charge in [-0.05, 0) is 29.8 Å². The summed E-state index contributed by atoms with van der Waals surface area (Å²) in [5.41, 5.74) is 3.51. The van der Waals surface area contributed by atoms with Gasteiger partial charge in [0, 0.05) is 41.0 Å². The predicted molar refractivity (Wildman–Crippen MR) is 90.1 cm³/mol. The van der Waals surface area contributed by atoms with Gasteiger partial charge in [-0.15, -0.1) is 0 Å². The third-order valence-electron chi connectivity index (χ3n) is 3.88. The molecule has 1 aliphatic rings. The first kappa shape index (κ1) is 12.9. The number of nitrogens with one attached hydrogen (secondary N) is 1. The molecule has 2 heterocycles. The lowest BCUT2D eigenvalue weighted by Gasteiger charge is -2.19. The topological polar surface area (TPSA) is 34.2 Å². The number of nitrogens with zero attached hydrogens (tertiary/aromatic N) is 1. The Morgan fingerprint density at radius 3 is 3.00 bits per heavy atom. The number of rotatable bonds is 3. The molecule has 0 spiro atoms. The van der Waals surface area contributed by atoms with Crippen LogP contribution < -0.4 is 10.1 Å². The molecule has 1 N–H and O–H groups in total. The number of anilines is 1. The molecule has 3 heteroatoms. The van der Waals surface area contributed by atoms with Gasteiger partial charge in [-0.1, -0.05) is 30.3 Å². The van der Waals surface area contributed by atoms with Crippen molar-refractivity contribution >= 4 is 22.5 Å². The van der Waals surface area contributed by atoms with Crippen LogP contribution in [0.25, 0.3) is 16.8 Å². The Balaban J connectivity index is 1.57. The van der Waals surface area contributed by atoms with E-state index in [9.17, 15) is 0 Å². The zero-order valence-corrected chi connectivity index (χ0v) is 12.1. The van der Waals surface area contributed by atoms with Gasteiger partial charge in [0.25, 0.3) is 0 Å². The average Bonchev–Trinajstić information content (AvgIpc) is 2.60. The van der Waals surface area contributed by atoms with Gasteiger partial charge in [0.2, 0.25) is 0 Å². The molecule has 108 valence electrons. The molecule has 0 saturated heterocycles. The molecule has 0 bridgehead atoms. The lowest BCUT2D eigenvalue weighted by Crippen LogP contribution is -2.14. The number of benzene rings is 2. The van der Waals surface area contributed by atoms with Crippen LogP contribution in [0.2, 0.25) is 0 Å². The zero-order chi connectivity index (χ0) is 14.8. The summed E-state index contributed by atoms with van der Waals surface area (Å²) in [5, 5.41) is 5.85. The highest BCUT2D eigenvalue weighted by Gasteiger charge is 2.10. The fourth-order valence-electron chi connectivity index (χ4n) is 2.75. The number of ether oxygens (including phenoxy) is 1. The first-order chi connectivity index (χ1) is 10.9. The minimum Gasteiger partial charge on any atom is -0.489 e. The number of hydrogen-bond donors (Lipinski definition) is 1. The van der Waals surface area contributed by atoms with Crippen LogP contribution in [0.5, 0.6) is 5.75 Å². The van der Waals surface area contributed by atoms with Crippen LogP contribution in [0.1, 0.15) is 5.56 Å².